The van der Waals surface area contributed by atoms with Gasteiger partial charge in [-0.2, -0.15) is 0 Å². The summed E-state index contributed by atoms with van der Waals surface area (Å²) >= 11 is 7.09. The number of halogens is 1. The second kappa shape index (κ2) is 8.30. The van der Waals surface area contributed by atoms with E-state index in [9.17, 15) is 4.79 Å². The maximum atomic E-state index is 12.7. The third-order valence-corrected chi connectivity index (χ3v) is 8.60. The number of benzene rings is 1. The van der Waals surface area contributed by atoms with Crippen LogP contribution < -0.4 is 15.5 Å². The number of nitrogens with one attached hydrogen (secondary N) is 2. The summed E-state index contributed by atoms with van der Waals surface area (Å²) < 4.78 is 1.08. The highest BCUT2D eigenvalue weighted by Crippen LogP contribution is 2.46. The topological polar surface area (TPSA) is 70.2 Å². The Labute approximate surface area is 191 Å². The molecule has 0 saturated carbocycles. The normalized spacial score (nSPS) is 25.7. The summed E-state index contributed by atoms with van der Waals surface area (Å²) in [7, 11) is 0. The van der Waals surface area contributed by atoms with Gasteiger partial charge >= 0.3 is 0 Å². The molecule has 5 rings (SSSR count). The highest BCUT2D eigenvalue weighted by Gasteiger charge is 2.53. The molecule has 3 aromatic rings. The van der Waals surface area contributed by atoms with Crippen LogP contribution >= 0.6 is 39.0 Å². The minimum Gasteiger partial charge on any atom is -0.338 e. The summed E-state index contributed by atoms with van der Waals surface area (Å²) in [5.74, 6) is 1.99. The molecule has 3 atom stereocenters. The van der Waals surface area contributed by atoms with Crippen LogP contribution in [0, 0.1) is 5.92 Å². The Kier molecular flexibility index (Phi) is 5.53. The van der Waals surface area contributed by atoms with Crippen molar-refractivity contribution in [2.75, 3.05) is 23.7 Å². The van der Waals surface area contributed by atoms with E-state index in [1.165, 1.54) is 4.88 Å². The first kappa shape index (κ1) is 20.0. The first-order valence-corrected chi connectivity index (χ1v) is 12.4. The molecule has 0 radical (unpaired) electrons. The Bertz CT molecular complexity index is 1030. The predicted octanol–water partition coefficient (Wildman–Crippen LogP) is 3.68. The summed E-state index contributed by atoms with van der Waals surface area (Å²) in [5, 5.41) is 9.06. The number of anilines is 1. The van der Waals surface area contributed by atoms with Gasteiger partial charge in [0, 0.05) is 57.4 Å². The lowest BCUT2D eigenvalue weighted by Crippen LogP contribution is -2.60. The minimum absolute atomic E-state index is 0.0668. The highest BCUT2D eigenvalue weighted by atomic mass is 79.9. The number of hydrogen-bond acceptors (Lipinski definition) is 7. The molecule has 2 aliphatic heterocycles. The number of fused-ring (bicyclic) bond motifs is 1. The molecule has 2 N–H and O–H groups in total. The Hall–Kier alpha value is -1.94. The Morgan fingerprint density at radius 2 is 2.03 bits per heavy atom. The molecule has 1 aromatic carbocycles. The molecule has 0 spiro atoms. The monoisotopic (exact) mass is 501 g/mol. The van der Waals surface area contributed by atoms with E-state index in [2.05, 4.69) is 52.9 Å². The minimum atomic E-state index is -0.268. The van der Waals surface area contributed by atoms with Gasteiger partial charge in [-0.15, -0.1) is 23.1 Å². The lowest BCUT2D eigenvalue weighted by Gasteiger charge is -2.42. The van der Waals surface area contributed by atoms with Crippen LogP contribution in [0.2, 0.25) is 0 Å². The summed E-state index contributed by atoms with van der Waals surface area (Å²) in [6.45, 7) is 1.63. The number of carbonyl (C=O) groups excluding carboxylic acids is 1. The van der Waals surface area contributed by atoms with E-state index in [0.717, 1.165) is 29.3 Å². The molecule has 2 aliphatic rings. The van der Waals surface area contributed by atoms with Crippen molar-refractivity contribution in [3.05, 3.63) is 75.2 Å². The summed E-state index contributed by atoms with van der Waals surface area (Å²) in [5.41, 5.74) is 0.225. The molecule has 4 heterocycles. The fourth-order valence-electron chi connectivity index (χ4n) is 4.14. The lowest BCUT2D eigenvalue weighted by molar-refractivity contribution is 0.0934. The molecule has 3 unspecified atom stereocenters. The van der Waals surface area contributed by atoms with Gasteiger partial charge in [-0.3, -0.25) is 10.1 Å². The molecule has 0 aliphatic carbocycles. The third kappa shape index (κ3) is 3.75. The SMILES string of the molecule is O=C(NC1NC2(c3cc(Br)cs3)CN(c3ncccn3)CC2CS1)c1ccccc1. The van der Waals surface area contributed by atoms with Gasteiger partial charge in [0.05, 0.1) is 5.54 Å². The van der Waals surface area contributed by atoms with Gasteiger partial charge in [-0.25, -0.2) is 9.97 Å². The maximum absolute atomic E-state index is 12.7. The highest BCUT2D eigenvalue weighted by molar-refractivity contribution is 9.10. The van der Waals surface area contributed by atoms with Crippen molar-refractivity contribution in [2.45, 2.75) is 11.0 Å². The maximum Gasteiger partial charge on any atom is 0.253 e. The van der Waals surface area contributed by atoms with Crippen LogP contribution in [0.4, 0.5) is 5.95 Å². The van der Waals surface area contributed by atoms with Gasteiger partial charge in [0.1, 0.15) is 5.50 Å². The second-order valence-electron chi connectivity index (χ2n) is 7.42. The van der Waals surface area contributed by atoms with Crippen molar-refractivity contribution in [3.8, 4) is 0 Å². The van der Waals surface area contributed by atoms with Crippen molar-refractivity contribution >= 4 is 50.9 Å². The van der Waals surface area contributed by atoms with Gasteiger partial charge < -0.3 is 10.2 Å². The molecule has 2 aromatic heterocycles. The summed E-state index contributed by atoms with van der Waals surface area (Å²) in [6.07, 6.45) is 3.56. The first-order valence-electron chi connectivity index (χ1n) is 9.66. The number of thioether (sulfide) groups is 1. The molecule has 1 amide bonds. The van der Waals surface area contributed by atoms with Crippen molar-refractivity contribution in [2.24, 2.45) is 5.92 Å². The fourth-order valence-corrected chi connectivity index (χ4v) is 7.10. The van der Waals surface area contributed by atoms with Gasteiger partial charge in [0.25, 0.3) is 5.91 Å². The Balaban J connectivity index is 1.42. The molecule has 0 bridgehead atoms. The van der Waals surface area contributed by atoms with E-state index in [4.69, 9.17) is 0 Å². The molecule has 6 nitrogen and oxygen atoms in total. The van der Waals surface area contributed by atoms with E-state index in [1.54, 1.807) is 35.5 Å². The number of nitrogens with zero attached hydrogens (tertiary/aromatic N) is 3. The standard InChI is InChI=1S/C21H20BrN5OS2/c22-16-9-17(29-12-16)21-13-27(19-23-7-4-8-24-19)10-15(21)11-30-20(26-21)25-18(28)14-5-2-1-3-6-14/h1-9,12,15,20,26H,10-11,13H2,(H,25,28). The van der Waals surface area contributed by atoms with Crippen LogP contribution in [0.1, 0.15) is 15.2 Å². The molecule has 9 heteroatoms. The molecule has 30 heavy (non-hydrogen) atoms. The van der Waals surface area contributed by atoms with Crippen molar-refractivity contribution < 1.29 is 4.79 Å². The summed E-state index contributed by atoms with van der Waals surface area (Å²) in [6, 6.07) is 13.4. The summed E-state index contributed by atoms with van der Waals surface area (Å²) in [4.78, 5) is 25.2. The van der Waals surface area contributed by atoms with E-state index in [1.807, 2.05) is 36.4 Å². The smallest absolute Gasteiger partial charge is 0.253 e. The van der Waals surface area contributed by atoms with Crippen molar-refractivity contribution in [3.63, 3.8) is 0 Å². The number of aromatic nitrogens is 2. The van der Waals surface area contributed by atoms with Crippen LogP contribution in [-0.2, 0) is 5.54 Å². The second-order valence-corrected chi connectivity index (χ2v) is 10.4. The predicted molar refractivity (Wildman–Crippen MR) is 125 cm³/mol. The zero-order valence-electron chi connectivity index (χ0n) is 16.0. The zero-order valence-corrected chi connectivity index (χ0v) is 19.2. The van der Waals surface area contributed by atoms with Crippen LogP contribution in [0.25, 0.3) is 0 Å². The van der Waals surface area contributed by atoms with Gasteiger partial charge in [-0.05, 0) is 40.2 Å². The van der Waals surface area contributed by atoms with E-state index in [0.29, 0.717) is 11.5 Å². The lowest BCUT2D eigenvalue weighted by atomic mass is 9.86. The Morgan fingerprint density at radius 3 is 2.77 bits per heavy atom. The number of hydrogen-bond donors (Lipinski definition) is 2. The fraction of sp³-hybridized carbons (Fsp3) is 0.286. The quantitative estimate of drug-likeness (QED) is 0.568. The largest absolute Gasteiger partial charge is 0.338 e. The van der Waals surface area contributed by atoms with Gasteiger partial charge in [0.15, 0.2) is 0 Å². The molecule has 2 saturated heterocycles. The molecule has 2 fully saturated rings. The van der Waals surface area contributed by atoms with Crippen molar-refractivity contribution in [1.29, 1.82) is 0 Å². The van der Waals surface area contributed by atoms with Crippen molar-refractivity contribution in [1.82, 2.24) is 20.6 Å². The number of carbonyl (C=O) groups is 1. The van der Waals surface area contributed by atoms with E-state index in [-0.39, 0.29) is 16.9 Å². The molecular formula is C21H20BrN5OS2. The zero-order chi connectivity index (χ0) is 20.6. The van der Waals surface area contributed by atoms with Crippen LogP contribution in [0.3, 0.4) is 0 Å². The number of rotatable bonds is 4. The first-order chi connectivity index (χ1) is 14.6. The van der Waals surface area contributed by atoms with Gasteiger partial charge in [-0.1, -0.05) is 18.2 Å². The average Bonchev–Trinajstić information content (AvgIpc) is 3.39. The van der Waals surface area contributed by atoms with Gasteiger partial charge in [0.2, 0.25) is 5.95 Å². The number of thiophene rings is 1. The van der Waals surface area contributed by atoms with E-state index < -0.39 is 0 Å². The third-order valence-electron chi connectivity index (χ3n) is 5.57. The van der Waals surface area contributed by atoms with Crippen LogP contribution in [0.15, 0.2) is 64.7 Å². The van der Waals surface area contributed by atoms with Crippen LogP contribution in [-0.4, -0.2) is 40.2 Å². The Morgan fingerprint density at radius 1 is 1.23 bits per heavy atom. The molecular weight excluding hydrogens is 482 g/mol. The molecule has 154 valence electrons. The average molecular weight is 502 g/mol. The van der Waals surface area contributed by atoms with Crippen LogP contribution in [0.5, 0.6) is 0 Å². The number of amides is 1. The van der Waals surface area contributed by atoms with E-state index >= 15 is 0 Å².